The largest absolute Gasteiger partial charge is 0.456 e. The van der Waals surface area contributed by atoms with Gasteiger partial charge in [0.05, 0.1) is 6.61 Å². The zero-order valence-electron chi connectivity index (χ0n) is 7.57. The monoisotopic (exact) mass is 192 g/mol. The molecule has 1 heterocycles. The summed E-state index contributed by atoms with van der Waals surface area (Å²) < 4.78 is 9.48. The summed E-state index contributed by atoms with van der Waals surface area (Å²) in [6.45, 7) is 1.97. The molecular formula is C10H8O4. The highest BCUT2D eigenvalue weighted by molar-refractivity contribution is 5.89. The molecule has 1 aromatic rings. The molecule has 0 bridgehead atoms. The Morgan fingerprint density at radius 2 is 2.43 bits per heavy atom. The van der Waals surface area contributed by atoms with Crippen molar-refractivity contribution in [1.29, 1.82) is 0 Å². The van der Waals surface area contributed by atoms with E-state index in [1.54, 1.807) is 6.92 Å². The predicted molar refractivity (Wildman–Crippen MR) is 47.6 cm³/mol. The summed E-state index contributed by atoms with van der Waals surface area (Å²) >= 11 is 0. The summed E-state index contributed by atoms with van der Waals surface area (Å²) in [4.78, 5) is 21.0. The Morgan fingerprint density at radius 3 is 3.00 bits per heavy atom. The fraction of sp³-hybridized carbons (Fsp3) is 0.200. The van der Waals surface area contributed by atoms with Crippen molar-refractivity contribution in [2.24, 2.45) is 0 Å². The van der Waals surface area contributed by atoms with Gasteiger partial charge in [-0.3, -0.25) is 4.79 Å². The van der Waals surface area contributed by atoms with Crippen LogP contribution in [0, 0.1) is 11.8 Å². The lowest BCUT2D eigenvalue weighted by Crippen LogP contribution is -1.99. The van der Waals surface area contributed by atoms with Gasteiger partial charge in [-0.25, -0.2) is 4.79 Å². The minimum atomic E-state index is -0.614. The Hall–Kier alpha value is -2.02. The standard InChI is InChI=1S/C10H8O4/c1-2-13-10(12)6-5-8-3-4-9(7-11)14-8/h3-4,7H,2H2,1H3. The van der Waals surface area contributed by atoms with Crippen LogP contribution in [0.25, 0.3) is 0 Å². The average Bonchev–Trinajstić information content (AvgIpc) is 2.63. The van der Waals surface area contributed by atoms with Crippen LogP contribution in [0.2, 0.25) is 0 Å². The first-order chi connectivity index (χ1) is 6.76. The fourth-order valence-electron chi connectivity index (χ4n) is 0.763. The van der Waals surface area contributed by atoms with Gasteiger partial charge in [0.15, 0.2) is 17.8 Å². The maximum Gasteiger partial charge on any atom is 0.384 e. The van der Waals surface area contributed by atoms with Crippen LogP contribution in [-0.2, 0) is 9.53 Å². The first-order valence-electron chi connectivity index (χ1n) is 4.00. The number of rotatable bonds is 2. The van der Waals surface area contributed by atoms with Gasteiger partial charge in [0.1, 0.15) is 0 Å². The summed E-state index contributed by atoms with van der Waals surface area (Å²) in [6, 6.07) is 2.98. The maximum absolute atomic E-state index is 10.8. The molecule has 72 valence electrons. The van der Waals surface area contributed by atoms with Crippen molar-refractivity contribution in [2.45, 2.75) is 6.92 Å². The van der Waals surface area contributed by atoms with Crippen molar-refractivity contribution in [1.82, 2.24) is 0 Å². The molecule has 1 aromatic heterocycles. The van der Waals surface area contributed by atoms with Gasteiger partial charge in [0, 0.05) is 5.92 Å². The van der Waals surface area contributed by atoms with E-state index < -0.39 is 5.97 Å². The fourth-order valence-corrected chi connectivity index (χ4v) is 0.763. The summed E-state index contributed by atoms with van der Waals surface area (Å²) in [7, 11) is 0. The molecule has 1 rings (SSSR count). The Balaban J connectivity index is 2.67. The molecule has 0 aromatic carbocycles. The molecule has 0 unspecified atom stereocenters. The van der Waals surface area contributed by atoms with Gasteiger partial charge < -0.3 is 9.15 Å². The van der Waals surface area contributed by atoms with Crippen LogP contribution in [-0.4, -0.2) is 18.9 Å². The predicted octanol–water partition coefficient (Wildman–Crippen LogP) is 1.01. The molecule has 0 atom stereocenters. The summed E-state index contributed by atoms with van der Waals surface area (Å²) in [5.74, 6) is 4.48. The molecule has 4 nitrogen and oxygen atoms in total. The molecule has 0 saturated carbocycles. The van der Waals surface area contributed by atoms with E-state index in [2.05, 4.69) is 16.6 Å². The molecule has 0 radical (unpaired) electrons. The third-order valence-corrected chi connectivity index (χ3v) is 1.31. The number of carbonyl (C=O) groups is 2. The lowest BCUT2D eigenvalue weighted by atomic mass is 10.4. The lowest BCUT2D eigenvalue weighted by Gasteiger charge is -1.89. The Kier molecular flexibility index (Phi) is 3.50. The molecule has 0 aliphatic rings. The van der Waals surface area contributed by atoms with Crippen molar-refractivity contribution >= 4 is 12.3 Å². The van der Waals surface area contributed by atoms with Gasteiger partial charge in [-0.15, -0.1) is 0 Å². The first kappa shape index (κ1) is 10.1. The summed E-state index contributed by atoms with van der Waals surface area (Å²) in [5, 5.41) is 0. The van der Waals surface area contributed by atoms with Crippen LogP contribution < -0.4 is 0 Å². The zero-order chi connectivity index (χ0) is 10.4. The molecule has 0 saturated heterocycles. The lowest BCUT2D eigenvalue weighted by molar-refractivity contribution is -0.136. The van der Waals surface area contributed by atoms with Crippen LogP contribution >= 0.6 is 0 Å². The molecular weight excluding hydrogens is 184 g/mol. The minimum Gasteiger partial charge on any atom is -0.456 e. The molecule has 0 aliphatic heterocycles. The van der Waals surface area contributed by atoms with Crippen LogP contribution in [0.1, 0.15) is 23.2 Å². The van der Waals surface area contributed by atoms with Gasteiger partial charge >= 0.3 is 5.97 Å². The minimum absolute atomic E-state index is 0.179. The van der Waals surface area contributed by atoms with Gasteiger partial charge in [0.25, 0.3) is 0 Å². The normalized spacial score (nSPS) is 8.64. The van der Waals surface area contributed by atoms with E-state index in [4.69, 9.17) is 4.42 Å². The van der Waals surface area contributed by atoms with E-state index in [-0.39, 0.29) is 18.1 Å². The molecule has 4 heteroatoms. The average molecular weight is 192 g/mol. The first-order valence-corrected chi connectivity index (χ1v) is 4.00. The topological polar surface area (TPSA) is 56.5 Å². The van der Waals surface area contributed by atoms with Crippen molar-refractivity contribution in [3.05, 3.63) is 23.7 Å². The van der Waals surface area contributed by atoms with Crippen molar-refractivity contribution in [2.75, 3.05) is 6.61 Å². The Labute approximate surface area is 80.9 Å². The second-order valence-electron chi connectivity index (χ2n) is 2.29. The molecule has 0 aliphatic carbocycles. The van der Waals surface area contributed by atoms with E-state index in [0.29, 0.717) is 6.29 Å². The second-order valence-corrected chi connectivity index (χ2v) is 2.29. The van der Waals surface area contributed by atoms with Gasteiger partial charge in [-0.05, 0) is 25.0 Å². The van der Waals surface area contributed by atoms with Gasteiger partial charge in [-0.2, -0.15) is 0 Å². The van der Waals surface area contributed by atoms with Crippen molar-refractivity contribution < 1.29 is 18.7 Å². The van der Waals surface area contributed by atoms with Crippen LogP contribution in [0.5, 0.6) is 0 Å². The maximum atomic E-state index is 10.8. The molecule has 0 spiro atoms. The van der Waals surface area contributed by atoms with Crippen LogP contribution in [0.4, 0.5) is 0 Å². The number of furan rings is 1. The number of hydrogen-bond donors (Lipinski definition) is 0. The SMILES string of the molecule is CCOC(=O)C#Cc1ccc(C=O)o1. The Bertz CT molecular complexity index is 392. The third-order valence-electron chi connectivity index (χ3n) is 1.31. The summed E-state index contributed by atoms with van der Waals surface area (Å²) in [5.41, 5.74) is 0. The molecule has 0 fully saturated rings. The second kappa shape index (κ2) is 4.87. The van der Waals surface area contributed by atoms with Crippen molar-refractivity contribution in [3.8, 4) is 11.8 Å². The molecule has 0 amide bonds. The van der Waals surface area contributed by atoms with Crippen LogP contribution in [0.15, 0.2) is 16.5 Å². The Morgan fingerprint density at radius 1 is 1.64 bits per heavy atom. The van der Waals surface area contributed by atoms with E-state index in [9.17, 15) is 9.59 Å². The highest BCUT2D eigenvalue weighted by Gasteiger charge is 1.97. The number of esters is 1. The zero-order valence-corrected chi connectivity index (χ0v) is 7.57. The van der Waals surface area contributed by atoms with E-state index >= 15 is 0 Å². The highest BCUT2D eigenvalue weighted by atomic mass is 16.5. The van der Waals surface area contributed by atoms with Gasteiger partial charge in [-0.1, -0.05) is 0 Å². The number of aldehydes is 1. The number of carbonyl (C=O) groups excluding carboxylic acids is 2. The number of ether oxygens (including phenoxy) is 1. The molecule has 14 heavy (non-hydrogen) atoms. The highest BCUT2D eigenvalue weighted by Crippen LogP contribution is 2.03. The van der Waals surface area contributed by atoms with E-state index in [0.717, 1.165) is 0 Å². The summed E-state index contributed by atoms with van der Waals surface area (Å²) in [6.07, 6.45) is 0.565. The van der Waals surface area contributed by atoms with Crippen LogP contribution in [0.3, 0.4) is 0 Å². The van der Waals surface area contributed by atoms with Gasteiger partial charge in [0.2, 0.25) is 0 Å². The van der Waals surface area contributed by atoms with E-state index in [1.165, 1.54) is 12.1 Å². The van der Waals surface area contributed by atoms with Crippen molar-refractivity contribution in [3.63, 3.8) is 0 Å². The molecule has 0 N–H and O–H groups in total. The smallest absolute Gasteiger partial charge is 0.384 e. The number of hydrogen-bond acceptors (Lipinski definition) is 4. The third kappa shape index (κ3) is 2.79. The quantitative estimate of drug-likeness (QED) is 0.398. The van der Waals surface area contributed by atoms with E-state index in [1.807, 2.05) is 0 Å².